The van der Waals surface area contributed by atoms with Crippen LogP contribution in [0.2, 0.25) is 0 Å². The molecule has 0 radical (unpaired) electrons. The topological polar surface area (TPSA) is 59.1 Å². The molecule has 6 nitrogen and oxygen atoms in total. The molecule has 1 atom stereocenters. The first-order valence-corrected chi connectivity index (χ1v) is 11.3. The molecule has 2 aliphatic heterocycles. The van der Waals surface area contributed by atoms with Crippen molar-refractivity contribution >= 4 is 11.8 Å². The van der Waals surface area contributed by atoms with Gasteiger partial charge < -0.3 is 19.3 Å². The number of amides is 2. The summed E-state index contributed by atoms with van der Waals surface area (Å²) in [5, 5.41) is 0. The van der Waals surface area contributed by atoms with Crippen LogP contribution < -0.4 is 4.74 Å². The lowest BCUT2D eigenvalue weighted by Gasteiger charge is -2.37. The average molecular weight is 417 g/mol. The summed E-state index contributed by atoms with van der Waals surface area (Å²) in [5.74, 6) is 1.31. The predicted octanol–water partition coefficient (Wildman–Crippen LogP) is 3.60. The Hall–Kier alpha value is -2.08. The number of fused-ring (bicyclic) bond motifs is 1. The summed E-state index contributed by atoms with van der Waals surface area (Å²) in [4.78, 5) is 30.2. The highest BCUT2D eigenvalue weighted by Crippen LogP contribution is 2.25. The maximum atomic E-state index is 13.5. The van der Waals surface area contributed by atoms with Gasteiger partial charge in [-0.2, -0.15) is 0 Å². The van der Waals surface area contributed by atoms with Crippen molar-refractivity contribution in [3.8, 4) is 5.75 Å². The molecular weight excluding hydrogens is 380 g/mol. The molecule has 166 valence electrons. The lowest BCUT2D eigenvalue weighted by molar-refractivity contribution is -0.142. The van der Waals surface area contributed by atoms with E-state index in [9.17, 15) is 9.59 Å². The Balaban J connectivity index is 1.86. The molecule has 0 bridgehead atoms. The van der Waals surface area contributed by atoms with Crippen LogP contribution in [-0.4, -0.2) is 67.6 Å². The largest absolute Gasteiger partial charge is 0.491 e. The third-order valence-electron chi connectivity index (χ3n) is 6.08. The molecule has 0 spiro atoms. The van der Waals surface area contributed by atoms with Gasteiger partial charge in [-0.15, -0.1) is 0 Å². The van der Waals surface area contributed by atoms with E-state index in [0.29, 0.717) is 50.1 Å². The number of hydrogen-bond acceptors (Lipinski definition) is 4. The third kappa shape index (κ3) is 5.75. The lowest BCUT2D eigenvalue weighted by Crippen LogP contribution is -2.48. The van der Waals surface area contributed by atoms with E-state index in [-0.39, 0.29) is 23.8 Å². The number of nitrogens with zero attached hydrogens (tertiary/aromatic N) is 2. The lowest BCUT2D eigenvalue weighted by atomic mass is 9.95. The van der Waals surface area contributed by atoms with Crippen LogP contribution in [0.4, 0.5) is 0 Å². The first-order valence-electron chi connectivity index (χ1n) is 11.3. The summed E-state index contributed by atoms with van der Waals surface area (Å²) >= 11 is 0. The quantitative estimate of drug-likeness (QED) is 0.755. The van der Waals surface area contributed by atoms with E-state index in [1.54, 1.807) is 4.90 Å². The molecule has 2 aliphatic rings. The number of benzene rings is 1. The molecule has 0 N–H and O–H groups in total. The van der Waals surface area contributed by atoms with Crippen molar-refractivity contribution in [2.45, 2.75) is 52.0 Å². The number of ether oxygens (including phenoxy) is 2. The normalized spacial score (nSPS) is 22.1. The molecule has 0 aromatic heterocycles. The van der Waals surface area contributed by atoms with Gasteiger partial charge >= 0.3 is 0 Å². The van der Waals surface area contributed by atoms with Crippen LogP contribution in [0, 0.1) is 11.8 Å². The molecule has 6 heteroatoms. The fraction of sp³-hybridized carbons (Fsp3) is 0.667. The van der Waals surface area contributed by atoms with Crippen molar-refractivity contribution in [1.82, 2.24) is 9.80 Å². The van der Waals surface area contributed by atoms with Crippen LogP contribution in [0.25, 0.3) is 0 Å². The number of hydrogen-bond donors (Lipinski definition) is 0. The molecule has 0 saturated carbocycles. The van der Waals surface area contributed by atoms with Crippen LogP contribution in [0.15, 0.2) is 24.3 Å². The Morgan fingerprint density at radius 1 is 1.13 bits per heavy atom. The van der Waals surface area contributed by atoms with Gasteiger partial charge in [0.25, 0.3) is 5.91 Å². The maximum absolute atomic E-state index is 13.5. The Kier molecular flexibility index (Phi) is 8.14. The van der Waals surface area contributed by atoms with Gasteiger partial charge in [-0.3, -0.25) is 9.59 Å². The molecule has 1 aromatic rings. The fourth-order valence-electron chi connectivity index (χ4n) is 4.37. The molecule has 0 unspecified atom stereocenters. The van der Waals surface area contributed by atoms with Crippen molar-refractivity contribution in [3.63, 3.8) is 0 Å². The zero-order valence-corrected chi connectivity index (χ0v) is 18.6. The number of carbonyl (C=O) groups is 2. The summed E-state index contributed by atoms with van der Waals surface area (Å²) in [6.07, 6.45) is 4.22. The van der Waals surface area contributed by atoms with Crippen molar-refractivity contribution < 1.29 is 19.1 Å². The van der Waals surface area contributed by atoms with E-state index < -0.39 is 0 Å². The van der Waals surface area contributed by atoms with Crippen molar-refractivity contribution in [3.05, 3.63) is 29.8 Å². The SMILES string of the molecule is CC(C)C[C@H]1COc2ccccc2C(=O)N(C)CCCCN1C(=O)C1CCOCC1. The molecule has 1 aromatic carbocycles. The monoisotopic (exact) mass is 416 g/mol. The van der Waals surface area contributed by atoms with E-state index >= 15 is 0 Å². The maximum Gasteiger partial charge on any atom is 0.257 e. The summed E-state index contributed by atoms with van der Waals surface area (Å²) < 4.78 is 11.7. The highest BCUT2D eigenvalue weighted by atomic mass is 16.5. The van der Waals surface area contributed by atoms with Gasteiger partial charge in [-0.25, -0.2) is 0 Å². The Morgan fingerprint density at radius 2 is 1.83 bits per heavy atom. The molecule has 3 rings (SSSR count). The number of rotatable bonds is 3. The fourth-order valence-corrected chi connectivity index (χ4v) is 4.37. The number of para-hydroxylation sites is 1. The van der Waals surface area contributed by atoms with Crippen LogP contribution in [0.1, 0.15) is 56.3 Å². The molecule has 2 heterocycles. The molecule has 1 saturated heterocycles. The highest BCUT2D eigenvalue weighted by molar-refractivity contribution is 5.96. The molecular formula is C24H36N2O4. The van der Waals surface area contributed by atoms with Gasteiger partial charge in [-0.05, 0) is 50.2 Å². The zero-order chi connectivity index (χ0) is 21.5. The van der Waals surface area contributed by atoms with E-state index in [4.69, 9.17) is 9.47 Å². The van der Waals surface area contributed by atoms with E-state index in [1.165, 1.54) is 0 Å². The van der Waals surface area contributed by atoms with Gasteiger partial charge in [-0.1, -0.05) is 26.0 Å². The van der Waals surface area contributed by atoms with E-state index in [1.807, 2.05) is 31.3 Å². The van der Waals surface area contributed by atoms with Crippen LogP contribution >= 0.6 is 0 Å². The van der Waals surface area contributed by atoms with Gasteiger partial charge in [0.1, 0.15) is 12.4 Å². The van der Waals surface area contributed by atoms with Gasteiger partial charge in [0, 0.05) is 39.3 Å². The summed E-state index contributed by atoms with van der Waals surface area (Å²) in [6.45, 7) is 7.47. The average Bonchev–Trinajstić information content (AvgIpc) is 2.75. The van der Waals surface area contributed by atoms with E-state index in [2.05, 4.69) is 18.7 Å². The van der Waals surface area contributed by atoms with Crippen molar-refractivity contribution in [2.75, 3.05) is 40.0 Å². The van der Waals surface area contributed by atoms with Gasteiger partial charge in [0.2, 0.25) is 5.91 Å². The minimum atomic E-state index is -0.0123. The van der Waals surface area contributed by atoms with Gasteiger partial charge in [0.05, 0.1) is 11.6 Å². The summed E-state index contributed by atoms with van der Waals surface area (Å²) in [7, 11) is 1.83. The number of carbonyl (C=O) groups excluding carboxylic acids is 2. The molecule has 0 aliphatic carbocycles. The standard InChI is InChI=1S/C24H36N2O4/c1-18(2)16-20-17-30-22-9-5-4-8-21(22)24(28)25(3)12-6-7-13-26(20)23(27)19-10-14-29-15-11-19/h4-5,8-9,18-20H,6-7,10-17H2,1-3H3/t20-/m0/s1. The highest BCUT2D eigenvalue weighted by Gasteiger charge is 2.32. The second-order valence-electron chi connectivity index (χ2n) is 8.94. The smallest absolute Gasteiger partial charge is 0.257 e. The molecule has 2 amide bonds. The first kappa shape index (κ1) is 22.6. The van der Waals surface area contributed by atoms with Crippen molar-refractivity contribution in [1.29, 1.82) is 0 Å². The minimum Gasteiger partial charge on any atom is -0.491 e. The third-order valence-corrected chi connectivity index (χ3v) is 6.08. The summed E-state index contributed by atoms with van der Waals surface area (Å²) in [6, 6.07) is 7.43. The zero-order valence-electron chi connectivity index (χ0n) is 18.6. The minimum absolute atomic E-state index is 0.000610. The Morgan fingerprint density at radius 3 is 2.57 bits per heavy atom. The van der Waals surface area contributed by atoms with Crippen molar-refractivity contribution in [2.24, 2.45) is 11.8 Å². The predicted molar refractivity (Wildman–Crippen MR) is 117 cm³/mol. The summed E-state index contributed by atoms with van der Waals surface area (Å²) in [5.41, 5.74) is 0.589. The molecule has 1 fully saturated rings. The van der Waals surface area contributed by atoms with Crippen LogP contribution in [-0.2, 0) is 9.53 Å². The Bertz CT molecular complexity index is 715. The molecule has 30 heavy (non-hydrogen) atoms. The van der Waals surface area contributed by atoms with Crippen LogP contribution in [0.3, 0.4) is 0 Å². The second-order valence-corrected chi connectivity index (χ2v) is 8.94. The second kappa shape index (κ2) is 10.8. The Labute approximate surface area is 180 Å². The first-order chi connectivity index (χ1) is 14.5. The van der Waals surface area contributed by atoms with Crippen LogP contribution in [0.5, 0.6) is 5.75 Å². The van der Waals surface area contributed by atoms with Gasteiger partial charge in [0.15, 0.2) is 0 Å². The van der Waals surface area contributed by atoms with E-state index in [0.717, 1.165) is 32.1 Å².